The van der Waals surface area contributed by atoms with Crippen LogP contribution in [-0.4, -0.2) is 15.8 Å². The number of halogens is 4. The van der Waals surface area contributed by atoms with E-state index in [0.717, 1.165) is 11.5 Å². The fraction of sp³-hybridized carbons (Fsp3) is 0.250. The normalized spacial score (nSPS) is 11.0. The van der Waals surface area contributed by atoms with Crippen LogP contribution in [0.1, 0.15) is 20.8 Å². The van der Waals surface area contributed by atoms with Crippen molar-refractivity contribution in [3.8, 4) is 11.5 Å². The first kappa shape index (κ1) is 37.6. The number of benzene rings is 2. The second-order valence-electron chi connectivity index (χ2n) is 6.44. The summed E-state index contributed by atoms with van der Waals surface area (Å²) in [7, 11) is 15.6. The molecule has 0 saturated heterocycles. The van der Waals surface area contributed by atoms with Gasteiger partial charge in [0.25, 0.3) is 0 Å². The minimum atomic E-state index is -0.193. The standard InChI is InChI=1S/C6H4ClIO.C6H5ClO.C4H9ClO.H11P9/c7-4-1-2-6(9)5(8)3-4;7-5-1-3-6(8)4-2-5;1-4(2,3)6-5;1-6-9(7(2)3)8(4)5/h1-3,9H;1-4,8H;1-3H3;6H,1-5H2. The molecule has 2 aromatic carbocycles. The molecule has 0 aromatic heterocycles. The number of aromatic hydroxyl groups is 2. The Kier molecular flexibility index (Phi) is 25.2. The second kappa shape index (κ2) is 21.4. The van der Waals surface area contributed by atoms with Crippen molar-refractivity contribution in [1.82, 2.24) is 0 Å². The molecule has 2 aromatic rings. The molecular weight excluding hydrogens is 752 g/mol. The maximum atomic E-state index is 8.98. The molecule has 0 amide bonds. The first-order valence-electron chi connectivity index (χ1n) is 8.38. The summed E-state index contributed by atoms with van der Waals surface area (Å²) >= 11 is 18.1. The highest BCUT2D eigenvalue weighted by atomic mass is 127. The summed E-state index contributed by atoms with van der Waals surface area (Å²) in [6.07, 6.45) is 0. The van der Waals surface area contributed by atoms with Gasteiger partial charge in [0, 0.05) is 10.0 Å². The maximum absolute atomic E-state index is 8.98. The van der Waals surface area contributed by atoms with Gasteiger partial charge >= 0.3 is 0 Å². The molecule has 6 atom stereocenters. The fourth-order valence-electron chi connectivity index (χ4n) is 1.17. The van der Waals surface area contributed by atoms with Gasteiger partial charge in [-0.15, -0.1) is 44.6 Å². The van der Waals surface area contributed by atoms with E-state index < -0.39 is 0 Å². The Morgan fingerprint density at radius 2 is 1.31 bits per heavy atom. The Labute approximate surface area is 237 Å². The van der Waals surface area contributed by atoms with E-state index in [-0.39, 0.29) is 31.1 Å². The van der Waals surface area contributed by atoms with Gasteiger partial charge in [0.1, 0.15) is 11.5 Å². The van der Waals surface area contributed by atoms with Crippen LogP contribution in [0.25, 0.3) is 0 Å². The molecule has 2 N–H and O–H groups in total. The Bertz CT molecular complexity index is 725. The maximum Gasteiger partial charge on any atom is 0.129 e. The summed E-state index contributed by atoms with van der Waals surface area (Å²) in [5, 5.41) is 19.0. The zero-order valence-electron chi connectivity index (χ0n) is 17.6. The third-order valence-corrected chi connectivity index (χ3v) is 48.6. The molecule has 0 aliphatic heterocycles. The quantitative estimate of drug-likeness (QED) is 0.241. The third kappa shape index (κ3) is 22.7. The first-order valence-corrected chi connectivity index (χ1v) is 26.1. The topological polar surface area (TPSA) is 49.7 Å². The molecule has 184 valence electrons. The number of phenols is 2. The van der Waals surface area contributed by atoms with Gasteiger partial charge in [0.15, 0.2) is 0 Å². The predicted octanol–water partition coefficient (Wildman–Crippen LogP) is 11.5. The molecule has 0 saturated carbocycles. The summed E-state index contributed by atoms with van der Waals surface area (Å²) in [5.41, 5.74) is -0.193. The van der Waals surface area contributed by atoms with Gasteiger partial charge in [-0.3, -0.25) is 4.29 Å². The van der Waals surface area contributed by atoms with Crippen LogP contribution in [0.2, 0.25) is 10.0 Å². The van der Waals surface area contributed by atoms with E-state index in [4.69, 9.17) is 45.3 Å². The number of phenolic OH excluding ortho intramolecular Hbond substituents is 2. The van der Waals surface area contributed by atoms with Gasteiger partial charge in [0.05, 0.1) is 21.0 Å². The van der Waals surface area contributed by atoms with E-state index >= 15 is 0 Å². The van der Waals surface area contributed by atoms with Crippen molar-refractivity contribution in [2.45, 2.75) is 26.4 Å². The van der Waals surface area contributed by atoms with Crippen LogP contribution >= 0.6 is 131 Å². The van der Waals surface area contributed by atoms with Crippen LogP contribution in [0.5, 0.6) is 11.5 Å². The van der Waals surface area contributed by atoms with Gasteiger partial charge in [-0.05, 0) is 107 Å². The van der Waals surface area contributed by atoms with E-state index in [9.17, 15) is 0 Å². The van der Waals surface area contributed by atoms with Crippen LogP contribution in [0.3, 0.4) is 0 Å². The lowest BCUT2D eigenvalue weighted by Gasteiger charge is -2.22. The molecule has 0 spiro atoms. The molecule has 0 bridgehead atoms. The van der Waals surface area contributed by atoms with Gasteiger partial charge in [-0.2, -0.15) is 0 Å². The van der Waals surface area contributed by atoms with Gasteiger partial charge < -0.3 is 10.2 Å². The lowest BCUT2D eigenvalue weighted by molar-refractivity contribution is 0.148. The number of hydrogen-bond acceptors (Lipinski definition) is 3. The minimum absolute atomic E-state index is 0.173. The van der Waals surface area contributed by atoms with Crippen molar-refractivity contribution < 1.29 is 14.5 Å². The molecule has 2 rings (SSSR count). The van der Waals surface area contributed by atoms with Gasteiger partial charge in [-0.1, -0.05) is 31.2 Å². The Balaban J connectivity index is 0. The van der Waals surface area contributed by atoms with E-state index in [1.165, 1.54) is 0 Å². The summed E-state index contributed by atoms with van der Waals surface area (Å²) in [4.78, 5) is 0. The van der Waals surface area contributed by atoms with Crippen LogP contribution < -0.4 is 0 Å². The SMILES string of the molecule is CC(C)(C)OCl.Oc1ccc(Cl)cc1.Oc1ccc(Cl)cc1I.PPP(P(P)P)P(P)P. The predicted molar refractivity (Wildman–Crippen MR) is 183 cm³/mol. The average molecular weight is 781 g/mol. The zero-order chi connectivity index (χ0) is 25.5. The number of hydrogen-bond donors (Lipinski definition) is 2. The van der Waals surface area contributed by atoms with Crippen LogP contribution in [0, 0.1) is 3.57 Å². The number of rotatable bonds is 3. The Morgan fingerprint density at radius 3 is 1.53 bits per heavy atom. The minimum Gasteiger partial charge on any atom is -0.508 e. The summed E-state index contributed by atoms with van der Waals surface area (Å²) in [5.74, 6) is 0.523. The lowest BCUT2D eigenvalue weighted by atomic mass is 10.2. The van der Waals surface area contributed by atoms with Crippen LogP contribution in [0.15, 0.2) is 42.5 Å². The first-order chi connectivity index (χ1) is 14.6. The van der Waals surface area contributed by atoms with E-state index in [0.29, 0.717) is 17.0 Å². The van der Waals surface area contributed by atoms with E-state index in [1.54, 1.807) is 42.5 Å². The molecule has 0 aliphatic rings. The molecule has 0 heterocycles. The lowest BCUT2D eigenvalue weighted by Crippen LogP contribution is -2.12. The summed E-state index contributed by atoms with van der Waals surface area (Å²) in [6, 6.07) is 11.3. The largest absolute Gasteiger partial charge is 0.508 e. The van der Waals surface area contributed by atoms with Crippen molar-refractivity contribution in [3.05, 3.63) is 56.1 Å². The summed E-state index contributed by atoms with van der Waals surface area (Å²) < 4.78 is 5.19. The molecule has 6 unspecified atom stereocenters. The second-order valence-corrected chi connectivity index (χ2v) is 39.3. The van der Waals surface area contributed by atoms with Crippen LogP contribution in [-0.2, 0) is 4.29 Å². The summed E-state index contributed by atoms with van der Waals surface area (Å²) in [6.45, 7) is 6.31. The van der Waals surface area contributed by atoms with Crippen molar-refractivity contribution in [3.63, 3.8) is 0 Å². The molecule has 0 radical (unpaired) electrons. The van der Waals surface area contributed by atoms with Gasteiger partial charge in [-0.25, -0.2) is 0 Å². The highest BCUT2D eigenvalue weighted by molar-refractivity contribution is 14.1. The smallest absolute Gasteiger partial charge is 0.129 e. The van der Waals surface area contributed by atoms with E-state index in [1.807, 2.05) is 43.4 Å². The van der Waals surface area contributed by atoms with Crippen molar-refractivity contribution in [1.29, 1.82) is 0 Å². The Morgan fingerprint density at radius 1 is 0.906 bits per heavy atom. The third-order valence-electron chi connectivity index (χ3n) is 2.52. The molecule has 3 nitrogen and oxygen atoms in total. The van der Waals surface area contributed by atoms with Gasteiger partial charge in [0.2, 0.25) is 0 Å². The molecule has 0 fully saturated rings. The highest BCUT2D eigenvalue weighted by Gasteiger charge is 2.14. The Hall–Kier alpha value is 3.47. The molecule has 16 heteroatoms. The average Bonchev–Trinajstić information content (AvgIpc) is 2.68. The van der Waals surface area contributed by atoms with Crippen molar-refractivity contribution in [2.75, 3.05) is 0 Å². The van der Waals surface area contributed by atoms with Crippen molar-refractivity contribution >= 4 is 131 Å². The molecule has 32 heavy (non-hydrogen) atoms. The molecule has 0 aliphatic carbocycles. The zero-order valence-corrected chi connectivity index (χ0v) is 31.5. The molecular formula is C16H29Cl3IO3P9. The highest BCUT2D eigenvalue weighted by Crippen LogP contribution is 3.04. The van der Waals surface area contributed by atoms with Crippen LogP contribution in [0.4, 0.5) is 0 Å². The van der Waals surface area contributed by atoms with E-state index in [2.05, 4.69) is 48.9 Å². The monoisotopic (exact) mass is 780 g/mol. The fourth-order valence-corrected chi connectivity index (χ4v) is 63.3. The van der Waals surface area contributed by atoms with Crippen molar-refractivity contribution in [2.24, 2.45) is 0 Å².